The molecule has 4 heteroatoms. The monoisotopic (exact) mass is 284 g/mol. The van der Waals surface area contributed by atoms with Crippen LogP contribution in [0, 0.1) is 5.41 Å². The molecule has 3 nitrogen and oxygen atoms in total. The zero-order valence-electron chi connectivity index (χ0n) is 12.1. The van der Waals surface area contributed by atoms with Gasteiger partial charge in [0.2, 0.25) is 5.91 Å². The normalized spacial score (nSPS) is 10.7. The van der Waals surface area contributed by atoms with Crippen molar-refractivity contribution in [3.63, 3.8) is 0 Å². The first-order valence-electron chi connectivity index (χ1n) is 6.44. The first-order chi connectivity index (χ1) is 8.42. The molecule has 0 aromatic heterocycles. The molecule has 2 N–H and O–H groups in total. The van der Waals surface area contributed by atoms with Crippen molar-refractivity contribution in [3.8, 4) is 0 Å². The Balaban J connectivity index is 0.00000324. The van der Waals surface area contributed by atoms with Gasteiger partial charge in [0, 0.05) is 26.1 Å². The number of carbonyl (C=O) groups excluding carboxylic acids is 1. The molecule has 0 unspecified atom stereocenters. The van der Waals surface area contributed by atoms with Gasteiger partial charge in [0.1, 0.15) is 0 Å². The minimum Gasteiger partial charge on any atom is -0.337 e. The average molecular weight is 285 g/mol. The number of benzene rings is 1. The maximum absolute atomic E-state index is 12.2. The van der Waals surface area contributed by atoms with Crippen LogP contribution in [0.3, 0.4) is 0 Å². The third-order valence-electron chi connectivity index (χ3n) is 2.65. The molecule has 0 atom stereocenters. The smallest absolute Gasteiger partial charge is 0.223 e. The van der Waals surface area contributed by atoms with Crippen LogP contribution in [0.2, 0.25) is 0 Å². The van der Waals surface area contributed by atoms with E-state index in [9.17, 15) is 4.79 Å². The zero-order valence-corrected chi connectivity index (χ0v) is 12.9. The summed E-state index contributed by atoms with van der Waals surface area (Å²) < 4.78 is 0. The van der Waals surface area contributed by atoms with Crippen molar-refractivity contribution in [2.24, 2.45) is 11.1 Å². The number of carbonyl (C=O) groups is 1. The highest BCUT2D eigenvalue weighted by Crippen LogP contribution is 2.20. The molecule has 0 bridgehead atoms. The van der Waals surface area contributed by atoms with E-state index in [-0.39, 0.29) is 23.7 Å². The van der Waals surface area contributed by atoms with Gasteiger partial charge in [-0.15, -0.1) is 12.4 Å². The second kappa shape index (κ2) is 8.18. The van der Waals surface area contributed by atoms with E-state index in [1.165, 1.54) is 0 Å². The van der Waals surface area contributed by atoms with Crippen LogP contribution >= 0.6 is 12.4 Å². The number of hydrogen-bond donors (Lipinski definition) is 1. The lowest BCUT2D eigenvalue weighted by molar-refractivity contribution is -0.133. The van der Waals surface area contributed by atoms with Gasteiger partial charge in [0.15, 0.2) is 0 Å². The highest BCUT2D eigenvalue weighted by Gasteiger charge is 2.20. The summed E-state index contributed by atoms with van der Waals surface area (Å²) in [5, 5.41) is 0. The Morgan fingerprint density at radius 3 is 2.26 bits per heavy atom. The molecule has 1 aromatic rings. The van der Waals surface area contributed by atoms with Gasteiger partial charge in [-0.05, 0) is 11.0 Å². The van der Waals surface area contributed by atoms with Gasteiger partial charge >= 0.3 is 0 Å². The van der Waals surface area contributed by atoms with Crippen LogP contribution in [0.15, 0.2) is 30.3 Å². The second-order valence-corrected chi connectivity index (χ2v) is 5.83. The summed E-state index contributed by atoms with van der Waals surface area (Å²) in [5.74, 6) is 0.178. The maximum atomic E-state index is 12.2. The molecule has 1 rings (SSSR count). The lowest BCUT2D eigenvalue weighted by Crippen LogP contribution is -2.36. The molecule has 0 spiro atoms. The lowest BCUT2D eigenvalue weighted by atomic mass is 9.91. The number of rotatable bonds is 5. The molecule has 0 aliphatic heterocycles. The molecular weight excluding hydrogens is 260 g/mol. The van der Waals surface area contributed by atoms with E-state index < -0.39 is 0 Å². The van der Waals surface area contributed by atoms with Crippen LogP contribution in [-0.2, 0) is 11.3 Å². The SMILES string of the molecule is CC(C)(C)CC(=O)N(CCN)Cc1ccccc1.Cl. The Morgan fingerprint density at radius 1 is 1.21 bits per heavy atom. The summed E-state index contributed by atoms with van der Waals surface area (Å²) >= 11 is 0. The Morgan fingerprint density at radius 2 is 1.79 bits per heavy atom. The minimum atomic E-state index is 0. The molecule has 108 valence electrons. The topological polar surface area (TPSA) is 46.3 Å². The first-order valence-corrected chi connectivity index (χ1v) is 6.44. The fourth-order valence-corrected chi connectivity index (χ4v) is 1.82. The van der Waals surface area contributed by atoms with Crippen LogP contribution in [0.1, 0.15) is 32.8 Å². The van der Waals surface area contributed by atoms with Crippen molar-refractivity contribution in [1.82, 2.24) is 4.90 Å². The molecule has 0 saturated heterocycles. The van der Waals surface area contributed by atoms with E-state index >= 15 is 0 Å². The first kappa shape index (κ1) is 17.9. The molecule has 0 saturated carbocycles. The molecular formula is C15H25ClN2O. The summed E-state index contributed by atoms with van der Waals surface area (Å²) in [4.78, 5) is 14.1. The Labute approximate surface area is 122 Å². The lowest BCUT2D eigenvalue weighted by Gasteiger charge is -2.26. The number of amides is 1. The van der Waals surface area contributed by atoms with Gasteiger partial charge in [0.25, 0.3) is 0 Å². The van der Waals surface area contributed by atoms with E-state index in [4.69, 9.17) is 5.73 Å². The number of halogens is 1. The third-order valence-corrected chi connectivity index (χ3v) is 2.65. The Kier molecular flexibility index (Phi) is 7.72. The number of nitrogens with two attached hydrogens (primary N) is 1. The second-order valence-electron chi connectivity index (χ2n) is 5.83. The minimum absolute atomic E-state index is 0. The zero-order chi connectivity index (χ0) is 13.6. The molecule has 0 aliphatic carbocycles. The molecule has 19 heavy (non-hydrogen) atoms. The van der Waals surface area contributed by atoms with Crippen LogP contribution in [-0.4, -0.2) is 23.9 Å². The highest BCUT2D eigenvalue weighted by molar-refractivity contribution is 5.85. The van der Waals surface area contributed by atoms with Crippen LogP contribution in [0.4, 0.5) is 0 Å². The van der Waals surface area contributed by atoms with E-state index in [0.29, 0.717) is 26.1 Å². The largest absolute Gasteiger partial charge is 0.337 e. The average Bonchev–Trinajstić information content (AvgIpc) is 2.27. The summed E-state index contributed by atoms with van der Waals surface area (Å²) in [5.41, 5.74) is 6.75. The summed E-state index contributed by atoms with van der Waals surface area (Å²) in [6.07, 6.45) is 0.555. The van der Waals surface area contributed by atoms with Gasteiger partial charge < -0.3 is 10.6 Å². The van der Waals surface area contributed by atoms with Crippen LogP contribution in [0.5, 0.6) is 0 Å². The van der Waals surface area contributed by atoms with Crippen molar-refractivity contribution in [3.05, 3.63) is 35.9 Å². The quantitative estimate of drug-likeness (QED) is 0.904. The van der Waals surface area contributed by atoms with Crippen molar-refractivity contribution >= 4 is 18.3 Å². The molecule has 1 aromatic carbocycles. The van der Waals surface area contributed by atoms with Crippen molar-refractivity contribution in [2.75, 3.05) is 13.1 Å². The Bertz CT molecular complexity index is 373. The molecule has 0 radical (unpaired) electrons. The number of nitrogens with zero attached hydrogens (tertiary/aromatic N) is 1. The Hall–Kier alpha value is -1.06. The predicted octanol–water partition coefficient (Wildman–Crippen LogP) is 2.83. The van der Waals surface area contributed by atoms with Crippen molar-refractivity contribution in [1.29, 1.82) is 0 Å². The van der Waals surface area contributed by atoms with Crippen molar-refractivity contribution < 1.29 is 4.79 Å². The third kappa shape index (κ3) is 7.19. The van der Waals surface area contributed by atoms with Gasteiger partial charge in [-0.1, -0.05) is 51.1 Å². The van der Waals surface area contributed by atoms with Gasteiger partial charge in [-0.25, -0.2) is 0 Å². The maximum Gasteiger partial charge on any atom is 0.223 e. The standard InChI is InChI=1S/C15H24N2O.ClH/c1-15(2,3)11-14(18)17(10-9-16)12-13-7-5-4-6-8-13;/h4-8H,9-12,16H2,1-3H3;1H. The predicted molar refractivity (Wildman–Crippen MR) is 82.2 cm³/mol. The van der Waals surface area contributed by atoms with Crippen LogP contribution in [0.25, 0.3) is 0 Å². The van der Waals surface area contributed by atoms with Crippen molar-refractivity contribution in [2.45, 2.75) is 33.7 Å². The highest BCUT2D eigenvalue weighted by atomic mass is 35.5. The molecule has 0 heterocycles. The van der Waals surface area contributed by atoms with Crippen LogP contribution < -0.4 is 5.73 Å². The van der Waals surface area contributed by atoms with E-state index in [0.717, 1.165) is 5.56 Å². The fourth-order valence-electron chi connectivity index (χ4n) is 1.82. The van der Waals surface area contributed by atoms with E-state index in [1.54, 1.807) is 0 Å². The number of hydrogen-bond acceptors (Lipinski definition) is 2. The van der Waals surface area contributed by atoms with Gasteiger partial charge in [-0.3, -0.25) is 4.79 Å². The van der Waals surface area contributed by atoms with E-state index in [2.05, 4.69) is 20.8 Å². The van der Waals surface area contributed by atoms with Gasteiger partial charge in [0.05, 0.1) is 0 Å². The summed E-state index contributed by atoms with van der Waals surface area (Å²) in [6, 6.07) is 10.0. The molecule has 1 amide bonds. The van der Waals surface area contributed by atoms with E-state index in [1.807, 2.05) is 35.2 Å². The molecule has 0 fully saturated rings. The fraction of sp³-hybridized carbons (Fsp3) is 0.533. The molecule has 0 aliphatic rings. The van der Waals surface area contributed by atoms with Gasteiger partial charge in [-0.2, -0.15) is 0 Å². The summed E-state index contributed by atoms with van der Waals surface area (Å²) in [6.45, 7) is 8.00. The summed E-state index contributed by atoms with van der Waals surface area (Å²) in [7, 11) is 0.